The molecule has 0 aliphatic heterocycles. The van der Waals surface area contributed by atoms with Gasteiger partial charge in [0.1, 0.15) is 0 Å². The van der Waals surface area contributed by atoms with Gasteiger partial charge in [-0.3, -0.25) is 9.59 Å². The van der Waals surface area contributed by atoms with E-state index in [1.54, 1.807) is 18.2 Å². The van der Waals surface area contributed by atoms with Gasteiger partial charge in [-0.05, 0) is 35.7 Å². The first-order chi connectivity index (χ1) is 15.5. The monoisotopic (exact) mass is 433 g/mol. The van der Waals surface area contributed by atoms with Crippen molar-refractivity contribution in [3.05, 3.63) is 95.6 Å². The van der Waals surface area contributed by atoms with Crippen molar-refractivity contribution in [3.8, 4) is 11.5 Å². The van der Waals surface area contributed by atoms with Crippen LogP contribution in [0.4, 0.5) is 0 Å². The summed E-state index contributed by atoms with van der Waals surface area (Å²) in [5, 5.41) is 12.4. The standard InChI is InChI=1S/C26H27NO5/c1-3-32-22-15-14-20(16-23(22)31-2)21(17-24(28)29)27-26(30)25(18-10-6-4-7-11-18)19-12-8-5-9-13-19/h4-16,21,25H,3,17H2,1-2H3,(H,27,30)(H,28,29)/t21-/m1/s1. The molecule has 0 unspecified atom stereocenters. The molecule has 0 saturated heterocycles. The second-order valence-electron chi connectivity index (χ2n) is 7.26. The van der Waals surface area contributed by atoms with Gasteiger partial charge in [0.15, 0.2) is 11.5 Å². The Morgan fingerprint density at radius 2 is 1.47 bits per heavy atom. The first-order valence-corrected chi connectivity index (χ1v) is 10.5. The van der Waals surface area contributed by atoms with Crippen molar-refractivity contribution in [2.45, 2.75) is 25.3 Å². The highest BCUT2D eigenvalue weighted by atomic mass is 16.5. The Morgan fingerprint density at radius 3 is 1.97 bits per heavy atom. The molecule has 0 fully saturated rings. The summed E-state index contributed by atoms with van der Waals surface area (Å²) in [4.78, 5) is 25.1. The molecule has 0 heterocycles. The molecule has 3 aromatic rings. The third-order valence-corrected chi connectivity index (χ3v) is 5.11. The number of ether oxygens (including phenoxy) is 2. The molecular weight excluding hydrogens is 406 g/mol. The van der Waals surface area contributed by atoms with E-state index in [9.17, 15) is 14.7 Å². The number of amides is 1. The topological polar surface area (TPSA) is 84.9 Å². The van der Waals surface area contributed by atoms with E-state index in [0.717, 1.165) is 11.1 Å². The Bertz CT molecular complexity index is 997. The molecule has 1 atom stereocenters. The van der Waals surface area contributed by atoms with E-state index >= 15 is 0 Å². The van der Waals surface area contributed by atoms with E-state index in [1.807, 2.05) is 67.6 Å². The van der Waals surface area contributed by atoms with E-state index < -0.39 is 17.9 Å². The predicted molar refractivity (Wildman–Crippen MR) is 122 cm³/mol. The molecule has 32 heavy (non-hydrogen) atoms. The lowest BCUT2D eigenvalue weighted by Gasteiger charge is -2.23. The number of carbonyl (C=O) groups is 2. The Hall–Kier alpha value is -3.80. The lowest BCUT2D eigenvalue weighted by molar-refractivity contribution is -0.137. The zero-order chi connectivity index (χ0) is 22.9. The lowest BCUT2D eigenvalue weighted by atomic mass is 9.90. The maximum atomic E-state index is 13.5. The maximum Gasteiger partial charge on any atom is 0.305 e. The molecule has 1 amide bonds. The lowest BCUT2D eigenvalue weighted by Crippen LogP contribution is -2.34. The van der Waals surface area contributed by atoms with Crippen LogP contribution in [0.25, 0.3) is 0 Å². The Morgan fingerprint density at radius 1 is 0.875 bits per heavy atom. The number of rotatable bonds is 10. The number of methoxy groups -OCH3 is 1. The largest absolute Gasteiger partial charge is 0.493 e. The number of carbonyl (C=O) groups excluding carboxylic acids is 1. The Balaban J connectivity index is 1.95. The van der Waals surface area contributed by atoms with Gasteiger partial charge >= 0.3 is 5.97 Å². The summed E-state index contributed by atoms with van der Waals surface area (Å²) in [6.45, 7) is 2.34. The second kappa shape index (κ2) is 11.0. The van der Waals surface area contributed by atoms with Gasteiger partial charge in [0.2, 0.25) is 5.91 Å². The van der Waals surface area contributed by atoms with Crippen molar-refractivity contribution in [2.75, 3.05) is 13.7 Å². The van der Waals surface area contributed by atoms with Crippen LogP contribution in [0.5, 0.6) is 11.5 Å². The van der Waals surface area contributed by atoms with Crippen LogP contribution in [0.3, 0.4) is 0 Å². The van der Waals surface area contributed by atoms with Crippen LogP contribution in [0.1, 0.15) is 42.0 Å². The summed E-state index contributed by atoms with van der Waals surface area (Å²) in [6.07, 6.45) is -0.265. The fourth-order valence-corrected chi connectivity index (χ4v) is 3.64. The van der Waals surface area contributed by atoms with Gasteiger partial charge in [0.05, 0.1) is 32.1 Å². The van der Waals surface area contributed by atoms with Crippen LogP contribution in [0.15, 0.2) is 78.9 Å². The molecule has 3 rings (SSSR count). The highest BCUT2D eigenvalue weighted by Gasteiger charge is 2.27. The molecule has 0 bridgehead atoms. The summed E-state index contributed by atoms with van der Waals surface area (Å²) >= 11 is 0. The average molecular weight is 434 g/mol. The van der Waals surface area contributed by atoms with Crippen LogP contribution >= 0.6 is 0 Å². The van der Waals surface area contributed by atoms with Crippen molar-refractivity contribution in [2.24, 2.45) is 0 Å². The summed E-state index contributed by atoms with van der Waals surface area (Å²) in [5.41, 5.74) is 2.28. The number of nitrogens with one attached hydrogen (secondary N) is 1. The Labute approximate surface area is 187 Å². The van der Waals surface area contributed by atoms with Gasteiger partial charge in [-0.15, -0.1) is 0 Å². The van der Waals surface area contributed by atoms with Crippen molar-refractivity contribution >= 4 is 11.9 Å². The number of carboxylic acid groups (broad SMARTS) is 1. The summed E-state index contributed by atoms with van der Waals surface area (Å²) in [5.74, 6) is -0.818. The summed E-state index contributed by atoms with van der Waals surface area (Å²) < 4.78 is 10.9. The number of benzene rings is 3. The quantitative estimate of drug-likeness (QED) is 0.490. The number of carboxylic acids is 1. The van der Waals surface area contributed by atoms with Crippen molar-refractivity contribution in [1.29, 1.82) is 0 Å². The molecule has 0 spiro atoms. The minimum Gasteiger partial charge on any atom is -0.493 e. The van der Waals surface area contributed by atoms with E-state index in [-0.39, 0.29) is 12.3 Å². The Kier molecular flexibility index (Phi) is 7.86. The normalized spacial score (nSPS) is 11.6. The number of hydrogen-bond donors (Lipinski definition) is 2. The molecule has 6 nitrogen and oxygen atoms in total. The highest BCUT2D eigenvalue weighted by molar-refractivity contribution is 5.88. The van der Waals surface area contributed by atoms with Gasteiger partial charge in [0.25, 0.3) is 0 Å². The van der Waals surface area contributed by atoms with Crippen molar-refractivity contribution in [3.63, 3.8) is 0 Å². The third kappa shape index (κ3) is 5.66. The smallest absolute Gasteiger partial charge is 0.305 e. The maximum absolute atomic E-state index is 13.5. The highest BCUT2D eigenvalue weighted by Crippen LogP contribution is 2.32. The first kappa shape index (κ1) is 22.9. The van der Waals surface area contributed by atoms with Crippen LogP contribution < -0.4 is 14.8 Å². The molecule has 0 aromatic heterocycles. The van der Waals surface area contributed by atoms with Crippen LogP contribution in [-0.4, -0.2) is 30.7 Å². The molecule has 3 aromatic carbocycles. The minimum absolute atomic E-state index is 0.265. The van der Waals surface area contributed by atoms with Crippen LogP contribution in [0, 0.1) is 0 Å². The van der Waals surface area contributed by atoms with Crippen LogP contribution in [0.2, 0.25) is 0 Å². The van der Waals surface area contributed by atoms with E-state index in [1.165, 1.54) is 7.11 Å². The predicted octanol–water partition coefficient (Wildman–Crippen LogP) is 4.56. The number of aliphatic carboxylic acids is 1. The fourth-order valence-electron chi connectivity index (χ4n) is 3.64. The fraction of sp³-hybridized carbons (Fsp3) is 0.231. The summed E-state index contributed by atoms with van der Waals surface area (Å²) in [7, 11) is 1.52. The van der Waals surface area contributed by atoms with E-state index in [4.69, 9.17) is 9.47 Å². The summed E-state index contributed by atoms with van der Waals surface area (Å²) in [6, 6.07) is 23.3. The molecule has 0 radical (unpaired) electrons. The van der Waals surface area contributed by atoms with Gasteiger partial charge in [-0.2, -0.15) is 0 Å². The van der Waals surface area contributed by atoms with Gasteiger partial charge in [-0.1, -0.05) is 66.7 Å². The molecular formula is C26H27NO5. The molecule has 2 N–H and O–H groups in total. The zero-order valence-corrected chi connectivity index (χ0v) is 18.2. The molecule has 0 aliphatic rings. The van der Waals surface area contributed by atoms with Gasteiger partial charge in [0, 0.05) is 0 Å². The van der Waals surface area contributed by atoms with Gasteiger partial charge < -0.3 is 19.9 Å². The molecule has 0 aliphatic carbocycles. The zero-order valence-electron chi connectivity index (χ0n) is 18.2. The van der Waals surface area contributed by atoms with E-state index in [2.05, 4.69) is 5.32 Å². The number of hydrogen-bond acceptors (Lipinski definition) is 4. The van der Waals surface area contributed by atoms with Crippen molar-refractivity contribution in [1.82, 2.24) is 5.32 Å². The van der Waals surface area contributed by atoms with Crippen molar-refractivity contribution < 1.29 is 24.2 Å². The SMILES string of the molecule is CCOc1ccc([C@@H](CC(=O)O)NC(=O)C(c2ccccc2)c2ccccc2)cc1OC. The molecule has 6 heteroatoms. The van der Waals surface area contributed by atoms with E-state index in [0.29, 0.717) is 23.7 Å². The molecule has 0 saturated carbocycles. The second-order valence-corrected chi connectivity index (χ2v) is 7.26. The first-order valence-electron chi connectivity index (χ1n) is 10.5. The third-order valence-electron chi connectivity index (χ3n) is 5.11. The average Bonchev–Trinajstić information content (AvgIpc) is 2.80. The molecule has 166 valence electrons. The van der Waals surface area contributed by atoms with Crippen LogP contribution in [-0.2, 0) is 9.59 Å². The van der Waals surface area contributed by atoms with Gasteiger partial charge in [-0.25, -0.2) is 0 Å². The minimum atomic E-state index is -1.01.